The van der Waals surface area contributed by atoms with Crippen LogP contribution in [0, 0.1) is 11.8 Å². The quantitative estimate of drug-likeness (QED) is 0.569. The van der Waals surface area contributed by atoms with E-state index in [-0.39, 0.29) is 23.6 Å². The van der Waals surface area contributed by atoms with E-state index in [0.29, 0.717) is 12.5 Å². The third kappa shape index (κ3) is 5.67. The second-order valence-electron chi connectivity index (χ2n) is 7.23. The van der Waals surface area contributed by atoms with Crippen molar-refractivity contribution in [3.05, 3.63) is 35.4 Å². The minimum Gasteiger partial charge on any atom is -0.465 e. The van der Waals surface area contributed by atoms with Crippen LogP contribution in [0.5, 0.6) is 0 Å². The van der Waals surface area contributed by atoms with Crippen LogP contribution in [0.4, 0.5) is 0 Å². The van der Waals surface area contributed by atoms with Crippen molar-refractivity contribution in [1.29, 1.82) is 0 Å². The number of hydrogen-bond donors (Lipinski definition) is 1. The topological polar surface area (TPSA) is 69.4 Å². The molecule has 0 heterocycles. The predicted molar refractivity (Wildman–Crippen MR) is 99.6 cm³/mol. The van der Waals surface area contributed by atoms with Crippen molar-refractivity contribution in [2.45, 2.75) is 58.3 Å². The van der Waals surface area contributed by atoms with Crippen molar-refractivity contribution >= 4 is 11.8 Å². The van der Waals surface area contributed by atoms with E-state index in [4.69, 9.17) is 10.5 Å². The summed E-state index contributed by atoms with van der Waals surface area (Å²) < 4.78 is 5.19. The van der Waals surface area contributed by atoms with E-state index in [0.717, 1.165) is 56.2 Å². The SMILES string of the molecule is CCCC(COC(C)=O)c1ccc(C(=O)C2CCC(CN)CC2)cc1. The first-order chi connectivity index (χ1) is 12.0. The zero-order chi connectivity index (χ0) is 18.2. The number of carbonyl (C=O) groups is 2. The fraction of sp³-hybridized carbons (Fsp3) is 0.619. The molecule has 1 aliphatic rings. The van der Waals surface area contributed by atoms with Gasteiger partial charge in [0.05, 0.1) is 6.61 Å². The second-order valence-corrected chi connectivity index (χ2v) is 7.23. The number of ketones is 1. The van der Waals surface area contributed by atoms with Gasteiger partial charge < -0.3 is 10.5 Å². The number of carbonyl (C=O) groups excluding carboxylic acids is 2. The van der Waals surface area contributed by atoms with Gasteiger partial charge in [-0.2, -0.15) is 0 Å². The maximum atomic E-state index is 12.7. The Morgan fingerprint density at radius 1 is 1.16 bits per heavy atom. The van der Waals surface area contributed by atoms with Crippen LogP contribution < -0.4 is 5.73 Å². The molecule has 138 valence electrons. The lowest BCUT2D eigenvalue weighted by molar-refractivity contribution is -0.141. The van der Waals surface area contributed by atoms with Crippen LogP contribution in [0.3, 0.4) is 0 Å². The molecule has 0 spiro atoms. The van der Waals surface area contributed by atoms with E-state index in [2.05, 4.69) is 6.92 Å². The van der Waals surface area contributed by atoms with Gasteiger partial charge in [0, 0.05) is 24.3 Å². The van der Waals surface area contributed by atoms with E-state index in [1.165, 1.54) is 6.92 Å². The molecule has 1 saturated carbocycles. The maximum Gasteiger partial charge on any atom is 0.302 e. The minimum atomic E-state index is -0.249. The van der Waals surface area contributed by atoms with E-state index < -0.39 is 0 Å². The van der Waals surface area contributed by atoms with Gasteiger partial charge >= 0.3 is 5.97 Å². The smallest absolute Gasteiger partial charge is 0.302 e. The van der Waals surface area contributed by atoms with Crippen molar-refractivity contribution in [2.24, 2.45) is 17.6 Å². The van der Waals surface area contributed by atoms with Crippen LogP contribution in [-0.4, -0.2) is 24.9 Å². The van der Waals surface area contributed by atoms with Crippen molar-refractivity contribution in [3.63, 3.8) is 0 Å². The van der Waals surface area contributed by atoms with Crippen LogP contribution in [0.15, 0.2) is 24.3 Å². The number of ether oxygens (including phenoxy) is 1. The lowest BCUT2D eigenvalue weighted by atomic mass is 9.78. The van der Waals surface area contributed by atoms with Gasteiger partial charge in [0.1, 0.15) is 0 Å². The van der Waals surface area contributed by atoms with E-state index in [9.17, 15) is 9.59 Å². The highest BCUT2D eigenvalue weighted by Gasteiger charge is 2.26. The summed E-state index contributed by atoms with van der Waals surface area (Å²) in [6.07, 6.45) is 6.01. The number of Topliss-reactive ketones (excluding diaryl/α,β-unsaturated/α-hetero) is 1. The lowest BCUT2D eigenvalue weighted by Crippen LogP contribution is -2.25. The molecule has 2 N–H and O–H groups in total. The van der Waals surface area contributed by atoms with Crippen LogP contribution in [0.1, 0.15) is 74.2 Å². The fourth-order valence-electron chi connectivity index (χ4n) is 3.73. The molecule has 25 heavy (non-hydrogen) atoms. The van der Waals surface area contributed by atoms with Gasteiger partial charge in [0.15, 0.2) is 5.78 Å². The van der Waals surface area contributed by atoms with Crippen LogP contribution in [0.25, 0.3) is 0 Å². The number of esters is 1. The summed E-state index contributed by atoms with van der Waals surface area (Å²) in [5.74, 6) is 0.928. The highest BCUT2D eigenvalue weighted by atomic mass is 16.5. The molecule has 4 nitrogen and oxygen atoms in total. The average molecular weight is 345 g/mol. The maximum absolute atomic E-state index is 12.7. The number of hydrogen-bond acceptors (Lipinski definition) is 4. The molecule has 0 saturated heterocycles. The highest BCUT2D eigenvalue weighted by molar-refractivity contribution is 5.97. The molecule has 1 aromatic rings. The van der Waals surface area contributed by atoms with Crippen LogP contribution >= 0.6 is 0 Å². The Kier molecular flexibility index (Phi) is 7.63. The summed E-state index contributed by atoms with van der Waals surface area (Å²) in [6.45, 7) is 4.69. The van der Waals surface area contributed by atoms with Crippen molar-refractivity contribution in [1.82, 2.24) is 0 Å². The Balaban J connectivity index is 2.00. The summed E-state index contributed by atoms with van der Waals surface area (Å²) in [6, 6.07) is 7.90. The molecule has 0 amide bonds. The summed E-state index contributed by atoms with van der Waals surface area (Å²) in [7, 11) is 0. The normalized spacial score (nSPS) is 21.6. The fourth-order valence-corrected chi connectivity index (χ4v) is 3.73. The molecular weight excluding hydrogens is 314 g/mol. The summed E-state index contributed by atoms with van der Waals surface area (Å²) in [5, 5.41) is 0. The largest absolute Gasteiger partial charge is 0.465 e. The Hall–Kier alpha value is -1.68. The van der Waals surface area contributed by atoms with Gasteiger partial charge in [-0.25, -0.2) is 0 Å². The molecule has 0 bridgehead atoms. The Labute approximate surface area is 151 Å². The molecule has 1 unspecified atom stereocenters. The van der Waals surface area contributed by atoms with Crippen molar-refractivity contribution in [2.75, 3.05) is 13.2 Å². The van der Waals surface area contributed by atoms with Gasteiger partial charge in [-0.3, -0.25) is 9.59 Å². The van der Waals surface area contributed by atoms with Gasteiger partial charge in [-0.15, -0.1) is 0 Å². The van der Waals surface area contributed by atoms with E-state index in [1.54, 1.807) is 0 Å². The predicted octanol–water partition coefficient (Wildman–Crippen LogP) is 4.08. The molecule has 2 rings (SSSR count). The molecule has 0 radical (unpaired) electrons. The molecule has 1 aliphatic carbocycles. The van der Waals surface area contributed by atoms with Gasteiger partial charge in [0.25, 0.3) is 0 Å². The zero-order valence-electron chi connectivity index (χ0n) is 15.5. The highest BCUT2D eigenvalue weighted by Crippen LogP contribution is 2.31. The van der Waals surface area contributed by atoms with Crippen molar-refractivity contribution < 1.29 is 14.3 Å². The molecule has 1 fully saturated rings. The number of nitrogens with two attached hydrogens (primary N) is 1. The third-order valence-corrected chi connectivity index (χ3v) is 5.34. The monoisotopic (exact) mass is 345 g/mol. The third-order valence-electron chi connectivity index (χ3n) is 5.34. The van der Waals surface area contributed by atoms with Crippen molar-refractivity contribution in [3.8, 4) is 0 Å². The molecule has 4 heteroatoms. The summed E-state index contributed by atoms with van der Waals surface area (Å²) in [4.78, 5) is 23.8. The zero-order valence-corrected chi connectivity index (χ0v) is 15.5. The van der Waals surface area contributed by atoms with E-state index in [1.807, 2.05) is 24.3 Å². The number of rotatable bonds is 8. The molecule has 0 aliphatic heterocycles. The molecular formula is C21H31NO3. The lowest BCUT2D eigenvalue weighted by Gasteiger charge is -2.26. The molecule has 1 atom stereocenters. The standard InChI is InChI=1S/C21H31NO3/c1-3-4-20(14-25-15(2)23)17-9-11-19(12-10-17)21(24)18-7-5-16(13-22)6-8-18/h9-12,16,18,20H,3-8,13-14,22H2,1-2H3. The first-order valence-corrected chi connectivity index (χ1v) is 9.52. The Bertz CT molecular complexity index is 559. The Morgan fingerprint density at radius 3 is 2.32 bits per heavy atom. The van der Waals surface area contributed by atoms with Gasteiger partial charge in [-0.1, -0.05) is 37.6 Å². The summed E-state index contributed by atoms with van der Waals surface area (Å²) in [5.41, 5.74) is 7.66. The minimum absolute atomic E-state index is 0.140. The van der Waals surface area contributed by atoms with Crippen LogP contribution in [0.2, 0.25) is 0 Å². The first-order valence-electron chi connectivity index (χ1n) is 9.52. The Morgan fingerprint density at radius 2 is 1.80 bits per heavy atom. The van der Waals surface area contributed by atoms with Gasteiger partial charge in [-0.05, 0) is 50.1 Å². The first kappa shape index (κ1) is 19.6. The number of benzene rings is 1. The molecule has 1 aromatic carbocycles. The van der Waals surface area contributed by atoms with Crippen LogP contribution in [-0.2, 0) is 9.53 Å². The molecule has 0 aromatic heterocycles. The summed E-state index contributed by atoms with van der Waals surface area (Å²) >= 11 is 0. The van der Waals surface area contributed by atoms with E-state index >= 15 is 0 Å². The van der Waals surface area contributed by atoms with Gasteiger partial charge in [0.2, 0.25) is 0 Å². The second kappa shape index (κ2) is 9.71. The average Bonchev–Trinajstić information content (AvgIpc) is 2.64.